The average Bonchev–Trinajstić information content (AvgIpc) is 3.73. The van der Waals surface area contributed by atoms with Crippen LogP contribution in [-0.4, -0.2) is 71.6 Å². The van der Waals surface area contributed by atoms with Crippen LogP contribution in [0.5, 0.6) is 0 Å². The van der Waals surface area contributed by atoms with Crippen LogP contribution in [-0.2, 0) is 15.6 Å². The van der Waals surface area contributed by atoms with Crippen LogP contribution in [0.3, 0.4) is 0 Å². The molecule has 2 aromatic heterocycles. The number of hydrogen-bond donors (Lipinski definition) is 1. The molecule has 8 nitrogen and oxygen atoms in total. The first kappa shape index (κ1) is 24.4. The highest BCUT2D eigenvalue weighted by Crippen LogP contribution is 2.38. The summed E-state index contributed by atoms with van der Waals surface area (Å²) >= 11 is 0. The second-order valence-electron chi connectivity index (χ2n) is 10.3. The van der Waals surface area contributed by atoms with E-state index in [9.17, 15) is 8.78 Å². The molecular formula is C27H32F2N6O2. The third-order valence-corrected chi connectivity index (χ3v) is 7.49. The van der Waals surface area contributed by atoms with Crippen LogP contribution in [0.1, 0.15) is 42.6 Å². The van der Waals surface area contributed by atoms with E-state index in [1.54, 1.807) is 6.07 Å². The SMILES string of the molecule is Cc1nnc(N[C@H](C)c2cccc(C(F)(F)OC3CC3)c2)c2cc(N3CCN4CCOC[C@@H]4C3)cnc12. The molecule has 2 aliphatic heterocycles. The third kappa shape index (κ3) is 5.10. The van der Waals surface area contributed by atoms with Gasteiger partial charge in [-0.1, -0.05) is 18.2 Å². The lowest BCUT2D eigenvalue weighted by Crippen LogP contribution is -2.58. The monoisotopic (exact) mass is 510 g/mol. The molecule has 1 aromatic carbocycles. The zero-order valence-electron chi connectivity index (χ0n) is 21.2. The van der Waals surface area contributed by atoms with Gasteiger partial charge in [-0.05, 0) is 44.4 Å². The maximum Gasteiger partial charge on any atom is 0.383 e. The van der Waals surface area contributed by atoms with Crippen LogP contribution >= 0.6 is 0 Å². The Morgan fingerprint density at radius 3 is 2.86 bits per heavy atom. The predicted octanol–water partition coefficient (Wildman–Crippen LogP) is 4.26. The van der Waals surface area contributed by atoms with Crippen molar-refractivity contribution in [2.24, 2.45) is 0 Å². The summed E-state index contributed by atoms with van der Waals surface area (Å²) in [4.78, 5) is 9.57. The average molecular weight is 511 g/mol. The van der Waals surface area contributed by atoms with Crippen molar-refractivity contribution in [1.82, 2.24) is 20.1 Å². The summed E-state index contributed by atoms with van der Waals surface area (Å²) in [6.45, 7) is 9.13. The number of aromatic nitrogens is 3. The Balaban J connectivity index is 1.25. The number of fused-ring (bicyclic) bond motifs is 2. The highest BCUT2D eigenvalue weighted by molar-refractivity contribution is 5.92. The van der Waals surface area contributed by atoms with Crippen molar-refractivity contribution in [3.05, 3.63) is 53.3 Å². The summed E-state index contributed by atoms with van der Waals surface area (Å²) in [6, 6.07) is 8.57. The maximum absolute atomic E-state index is 14.6. The van der Waals surface area contributed by atoms with Gasteiger partial charge in [0, 0.05) is 31.6 Å². The topological polar surface area (TPSA) is 75.6 Å². The normalized spacial score (nSPS) is 21.6. The van der Waals surface area contributed by atoms with Crippen molar-refractivity contribution in [2.75, 3.05) is 49.6 Å². The van der Waals surface area contributed by atoms with E-state index >= 15 is 0 Å². The van der Waals surface area contributed by atoms with Crippen LogP contribution in [0.15, 0.2) is 36.5 Å². The number of ether oxygens (including phenoxy) is 2. The van der Waals surface area contributed by atoms with Crippen LogP contribution < -0.4 is 10.2 Å². The summed E-state index contributed by atoms with van der Waals surface area (Å²) in [5.74, 6) is 0.577. The molecule has 37 heavy (non-hydrogen) atoms. The Morgan fingerprint density at radius 1 is 1.16 bits per heavy atom. The summed E-state index contributed by atoms with van der Waals surface area (Å²) < 4.78 is 39.9. The number of hydrogen-bond acceptors (Lipinski definition) is 8. The molecule has 0 bridgehead atoms. The smallest absolute Gasteiger partial charge is 0.378 e. The Hall–Kier alpha value is -2.95. The molecule has 0 radical (unpaired) electrons. The van der Waals surface area contributed by atoms with Gasteiger partial charge in [0.15, 0.2) is 5.82 Å². The minimum Gasteiger partial charge on any atom is -0.378 e. The fourth-order valence-corrected chi connectivity index (χ4v) is 5.15. The van der Waals surface area contributed by atoms with Crippen molar-refractivity contribution in [3.8, 4) is 0 Å². The lowest BCUT2D eigenvalue weighted by molar-refractivity contribution is -0.255. The first-order chi connectivity index (χ1) is 17.9. The number of alkyl halides is 2. The number of rotatable bonds is 7. The number of nitrogens with one attached hydrogen (secondary N) is 1. The van der Waals surface area contributed by atoms with Gasteiger partial charge in [-0.2, -0.15) is 13.9 Å². The molecule has 0 unspecified atom stereocenters. The Bertz CT molecular complexity index is 1290. The standard InChI is InChI=1S/C27H32F2N6O2/c1-17(19-4-3-5-20(12-19)27(28,29)37-23-6-7-23)31-26-24-13-21(14-30-25(24)18(2)32-33-26)35-9-8-34-10-11-36-16-22(34)15-35/h3-5,12-14,17,22-23H,6-11,15-16H2,1-2H3,(H,31,33)/t17-,22+/m1/s1. The van der Waals surface area contributed by atoms with E-state index in [-0.39, 0.29) is 17.7 Å². The van der Waals surface area contributed by atoms with Gasteiger partial charge in [-0.15, -0.1) is 5.10 Å². The van der Waals surface area contributed by atoms with Gasteiger partial charge in [0.1, 0.15) is 0 Å². The molecule has 1 aliphatic carbocycles. The molecule has 196 valence electrons. The number of halogens is 2. The summed E-state index contributed by atoms with van der Waals surface area (Å²) in [5.41, 5.74) is 3.11. The number of piperazine rings is 1. The summed E-state index contributed by atoms with van der Waals surface area (Å²) in [7, 11) is 0. The number of benzene rings is 1. The van der Waals surface area contributed by atoms with Crippen LogP contribution in [0, 0.1) is 6.92 Å². The molecule has 10 heteroatoms. The Kier molecular flexibility index (Phi) is 6.42. The van der Waals surface area contributed by atoms with Crippen LogP contribution in [0.25, 0.3) is 10.9 Å². The third-order valence-electron chi connectivity index (χ3n) is 7.49. The van der Waals surface area contributed by atoms with Crippen molar-refractivity contribution < 1.29 is 18.3 Å². The van der Waals surface area contributed by atoms with E-state index in [1.165, 1.54) is 12.1 Å². The van der Waals surface area contributed by atoms with E-state index in [4.69, 9.17) is 14.5 Å². The number of morpholine rings is 1. The second-order valence-corrected chi connectivity index (χ2v) is 10.3. The largest absolute Gasteiger partial charge is 0.383 e. The molecule has 4 heterocycles. The zero-order chi connectivity index (χ0) is 25.6. The molecule has 1 N–H and O–H groups in total. The quantitative estimate of drug-likeness (QED) is 0.506. The van der Waals surface area contributed by atoms with Gasteiger partial charge < -0.3 is 19.7 Å². The van der Waals surface area contributed by atoms with Crippen molar-refractivity contribution in [1.29, 1.82) is 0 Å². The minimum absolute atomic E-state index is 0.139. The molecule has 3 aliphatic rings. The molecule has 0 spiro atoms. The lowest BCUT2D eigenvalue weighted by Gasteiger charge is -2.44. The second kappa shape index (κ2) is 9.74. The van der Waals surface area contributed by atoms with Crippen LogP contribution in [0.2, 0.25) is 0 Å². The van der Waals surface area contributed by atoms with E-state index < -0.39 is 6.11 Å². The van der Waals surface area contributed by atoms with E-state index in [2.05, 4.69) is 31.4 Å². The summed E-state index contributed by atoms with van der Waals surface area (Å²) in [5, 5.41) is 13.0. The number of anilines is 2. The minimum atomic E-state index is -3.31. The van der Waals surface area contributed by atoms with E-state index in [0.29, 0.717) is 30.3 Å². The van der Waals surface area contributed by atoms with Crippen molar-refractivity contribution in [2.45, 2.75) is 51.0 Å². The first-order valence-electron chi connectivity index (χ1n) is 13.0. The highest BCUT2D eigenvalue weighted by atomic mass is 19.3. The first-order valence-corrected chi connectivity index (χ1v) is 13.0. The molecule has 1 saturated carbocycles. The van der Waals surface area contributed by atoms with Crippen LogP contribution in [0.4, 0.5) is 20.3 Å². The fraction of sp³-hybridized carbons (Fsp3) is 0.519. The summed E-state index contributed by atoms with van der Waals surface area (Å²) in [6.07, 6.45) is -0.383. The van der Waals surface area contributed by atoms with Gasteiger partial charge >= 0.3 is 6.11 Å². The van der Waals surface area contributed by atoms with Gasteiger partial charge in [-0.25, -0.2) is 0 Å². The zero-order valence-corrected chi connectivity index (χ0v) is 21.2. The fourth-order valence-electron chi connectivity index (χ4n) is 5.15. The van der Waals surface area contributed by atoms with Crippen molar-refractivity contribution in [3.63, 3.8) is 0 Å². The van der Waals surface area contributed by atoms with Gasteiger partial charge in [-0.3, -0.25) is 9.88 Å². The van der Waals surface area contributed by atoms with E-state index in [0.717, 1.165) is 61.7 Å². The molecule has 6 rings (SSSR count). The molecule has 3 fully saturated rings. The molecule has 3 aromatic rings. The van der Waals surface area contributed by atoms with E-state index in [1.807, 2.05) is 26.1 Å². The number of pyridine rings is 1. The predicted molar refractivity (Wildman–Crippen MR) is 137 cm³/mol. The molecule has 0 amide bonds. The van der Waals surface area contributed by atoms with Gasteiger partial charge in [0.05, 0.1) is 60.1 Å². The Morgan fingerprint density at radius 2 is 2.03 bits per heavy atom. The molecular weight excluding hydrogens is 478 g/mol. The lowest BCUT2D eigenvalue weighted by atomic mass is 10.0. The maximum atomic E-state index is 14.6. The molecule has 2 atom stereocenters. The van der Waals surface area contributed by atoms with Crippen molar-refractivity contribution >= 4 is 22.4 Å². The highest BCUT2D eigenvalue weighted by Gasteiger charge is 2.40. The Labute approximate surface area is 215 Å². The van der Waals surface area contributed by atoms with Gasteiger partial charge in [0.25, 0.3) is 0 Å². The van der Waals surface area contributed by atoms with Gasteiger partial charge in [0.2, 0.25) is 0 Å². The number of aryl methyl sites for hydroxylation is 1. The number of nitrogens with zero attached hydrogens (tertiary/aromatic N) is 5. The molecule has 2 saturated heterocycles.